The Labute approximate surface area is 67.2 Å². The van der Waals surface area contributed by atoms with Gasteiger partial charge in [0, 0.05) is 11.8 Å². The molecular weight excluding hydrogens is 140 g/mol. The van der Waals surface area contributed by atoms with E-state index in [0.29, 0.717) is 18.3 Å². The van der Waals surface area contributed by atoms with Crippen LogP contribution in [0.3, 0.4) is 0 Å². The summed E-state index contributed by atoms with van der Waals surface area (Å²) in [4.78, 5) is 9.99. The summed E-state index contributed by atoms with van der Waals surface area (Å²) in [5.74, 6) is 0.972. The smallest absolute Gasteiger partial charge is 0.293 e. The molecule has 0 radical (unpaired) electrons. The van der Waals surface area contributed by atoms with Crippen LogP contribution in [-0.4, -0.2) is 12.6 Å². The van der Waals surface area contributed by atoms with Crippen molar-refractivity contribution in [2.45, 2.75) is 26.9 Å². The van der Waals surface area contributed by atoms with Gasteiger partial charge in [0.05, 0.1) is 0 Å². The number of carbonyl (C=O) groups is 1. The van der Waals surface area contributed by atoms with Crippen LogP contribution in [0.15, 0.2) is 11.6 Å². The lowest BCUT2D eigenvalue weighted by Gasteiger charge is -1.91. The molecule has 0 amide bonds. The van der Waals surface area contributed by atoms with Gasteiger partial charge in [-0.25, -0.2) is 0 Å². The third-order valence-electron chi connectivity index (χ3n) is 2.10. The van der Waals surface area contributed by atoms with Crippen LogP contribution in [0, 0.1) is 11.8 Å². The summed E-state index contributed by atoms with van der Waals surface area (Å²) in [5, 5.41) is 0. The molecule has 3 atom stereocenters. The number of carbonyl (C=O) groups excluding carboxylic acids is 1. The minimum atomic E-state index is 0.141. The highest BCUT2D eigenvalue weighted by molar-refractivity contribution is 5.39. The van der Waals surface area contributed by atoms with Crippen molar-refractivity contribution >= 4 is 6.47 Å². The first-order chi connectivity index (χ1) is 5.16. The summed E-state index contributed by atoms with van der Waals surface area (Å²) < 4.78 is 4.85. The molecule has 0 saturated heterocycles. The number of hydrogen-bond acceptors (Lipinski definition) is 2. The third kappa shape index (κ3) is 1.82. The predicted octanol–water partition coefficient (Wildman–Crippen LogP) is 1.76. The molecule has 0 aliphatic heterocycles. The van der Waals surface area contributed by atoms with E-state index in [1.54, 1.807) is 0 Å². The molecule has 1 fully saturated rings. The fourth-order valence-electron chi connectivity index (χ4n) is 1.37. The fraction of sp³-hybridized carbons (Fsp3) is 0.667. The Morgan fingerprint density at radius 2 is 2.09 bits per heavy atom. The summed E-state index contributed by atoms with van der Waals surface area (Å²) in [6.07, 6.45) is 2.31. The molecule has 62 valence electrons. The Hall–Kier alpha value is -0.790. The van der Waals surface area contributed by atoms with Crippen molar-refractivity contribution in [3.63, 3.8) is 0 Å². The van der Waals surface area contributed by atoms with E-state index in [2.05, 4.69) is 26.8 Å². The zero-order valence-corrected chi connectivity index (χ0v) is 7.20. The number of hydrogen-bond donors (Lipinski definition) is 0. The molecule has 0 aromatic carbocycles. The van der Waals surface area contributed by atoms with Crippen LogP contribution >= 0.6 is 0 Å². The van der Waals surface area contributed by atoms with E-state index in [1.807, 2.05) is 0 Å². The van der Waals surface area contributed by atoms with Gasteiger partial charge in [-0.1, -0.05) is 18.6 Å². The maximum Gasteiger partial charge on any atom is 0.293 e. The molecule has 0 aromatic rings. The van der Waals surface area contributed by atoms with Crippen LogP contribution in [0.4, 0.5) is 0 Å². The molecule has 1 aliphatic carbocycles. The highest BCUT2D eigenvalue weighted by Gasteiger charge is 2.47. The quantitative estimate of drug-likeness (QED) is 0.457. The van der Waals surface area contributed by atoms with Gasteiger partial charge in [0.1, 0.15) is 6.10 Å². The molecule has 0 bridgehead atoms. The lowest BCUT2D eigenvalue weighted by atomic mass is 10.2. The Bertz CT molecular complexity index is 180. The Morgan fingerprint density at radius 1 is 1.45 bits per heavy atom. The van der Waals surface area contributed by atoms with Crippen LogP contribution in [0.25, 0.3) is 0 Å². The molecule has 1 rings (SSSR count). The minimum absolute atomic E-state index is 0.141. The second-order valence-corrected chi connectivity index (χ2v) is 3.38. The molecule has 0 spiro atoms. The van der Waals surface area contributed by atoms with Crippen LogP contribution in [0.1, 0.15) is 20.8 Å². The van der Waals surface area contributed by atoms with Crippen molar-refractivity contribution in [2.24, 2.45) is 11.8 Å². The second-order valence-electron chi connectivity index (χ2n) is 3.38. The highest BCUT2D eigenvalue weighted by Crippen LogP contribution is 2.42. The standard InChI is InChI=1S/C9H14O2/c1-6(2)4-8-7(3)9(8)11-5-10/h4-5,7-9H,1-3H3. The number of rotatable bonds is 3. The van der Waals surface area contributed by atoms with Gasteiger partial charge in [0.15, 0.2) is 0 Å². The second kappa shape index (κ2) is 3.07. The first-order valence-electron chi connectivity index (χ1n) is 3.91. The summed E-state index contributed by atoms with van der Waals surface area (Å²) in [5.41, 5.74) is 1.29. The van der Waals surface area contributed by atoms with E-state index < -0.39 is 0 Å². The summed E-state index contributed by atoms with van der Waals surface area (Å²) >= 11 is 0. The molecule has 11 heavy (non-hydrogen) atoms. The van der Waals surface area contributed by atoms with Gasteiger partial charge in [-0.2, -0.15) is 0 Å². The van der Waals surface area contributed by atoms with Gasteiger partial charge in [0.25, 0.3) is 6.47 Å². The molecule has 2 nitrogen and oxygen atoms in total. The molecular formula is C9H14O2. The predicted molar refractivity (Wildman–Crippen MR) is 43.0 cm³/mol. The van der Waals surface area contributed by atoms with Gasteiger partial charge in [0.2, 0.25) is 0 Å². The van der Waals surface area contributed by atoms with E-state index in [-0.39, 0.29) is 6.10 Å². The number of ether oxygens (including phenoxy) is 1. The average molecular weight is 154 g/mol. The fourth-order valence-corrected chi connectivity index (χ4v) is 1.37. The molecule has 0 aromatic heterocycles. The van der Waals surface area contributed by atoms with Crippen molar-refractivity contribution in [2.75, 3.05) is 0 Å². The van der Waals surface area contributed by atoms with E-state index in [9.17, 15) is 4.79 Å². The van der Waals surface area contributed by atoms with E-state index in [4.69, 9.17) is 4.74 Å². The SMILES string of the molecule is CC(C)=CC1C(C)C1OC=O. The molecule has 3 unspecified atom stereocenters. The molecule has 0 N–H and O–H groups in total. The summed E-state index contributed by atoms with van der Waals surface area (Å²) in [6, 6.07) is 0. The van der Waals surface area contributed by atoms with Gasteiger partial charge < -0.3 is 4.74 Å². The van der Waals surface area contributed by atoms with Crippen molar-refractivity contribution in [3.8, 4) is 0 Å². The minimum Gasteiger partial charge on any atom is -0.464 e. The monoisotopic (exact) mass is 154 g/mol. The molecule has 1 saturated carbocycles. The Balaban J connectivity index is 2.41. The Morgan fingerprint density at radius 3 is 2.55 bits per heavy atom. The van der Waals surface area contributed by atoms with Gasteiger partial charge in [-0.3, -0.25) is 4.79 Å². The molecule has 2 heteroatoms. The maximum absolute atomic E-state index is 9.99. The van der Waals surface area contributed by atoms with Crippen LogP contribution in [0.2, 0.25) is 0 Å². The van der Waals surface area contributed by atoms with E-state index >= 15 is 0 Å². The lowest BCUT2D eigenvalue weighted by Crippen LogP contribution is -1.93. The molecule has 1 aliphatic rings. The highest BCUT2D eigenvalue weighted by atomic mass is 16.5. The van der Waals surface area contributed by atoms with Crippen LogP contribution in [-0.2, 0) is 9.53 Å². The van der Waals surface area contributed by atoms with Crippen LogP contribution in [0.5, 0.6) is 0 Å². The van der Waals surface area contributed by atoms with Crippen molar-refractivity contribution in [1.82, 2.24) is 0 Å². The largest absolute Gasteiger partial charge is 0.464 e. The number of allylic oxidation sites excluding steroid dienone is 1. The van der Waals surface area contributed by atoms with E-state index in [0.717, 1.165) is 0 Å². The summed E-state index contributed by atoms with van der Waals surface area (Å²) in [7, 11) is 0. The first-order valence-corrected chi connectivity index (χ1v) is 3.91. The third-order valence-corrected chi connectivity index (χ3v) is 2.10. The molecule has 0 heterocycles. The van der Waals surface area contributed by atoms with Crippen molar-refractivity contribution in [1.29, 1.82) is 0 Å². The normalized spacial score (nSPS) is 34.3. The lowest BCUT2D eigenvalue weighted by molar-refractivity contribution is -0.130. The maximum atomic E-state index is 9.99. The van der Waals surface area contributed by atoms with Gasteiger partial charge in [-0.15, -0.1) is 0 Å². The van der Waals surface area contributed by atoms with E-state index in [1.165, 1.54) is 5.57 Å². The zero-order valence-electron chi connectivity index (χ0n) is 7.20. The first kappa shape index (κ1) is 8.31. The van der Waals surface area contributed by atoms with Crippen molar-refractivity contribution < 1.29 is 9.53 Å². The average Bonchev–Trinajstić information content (AvgIpc) is 2.45. The Kier molecular flexibility index (Phi) is 2.32. The van der Waals surface area contributed by atoms with Crippen molar-refractivity contribution in [3.05, 3.63) is 11.6 Å². The zero-order chi connectivity index (χ0) is 8.43. The van der Waals surface area contributed by atoms with Crippen LogP contribution < -0.4 is 0 Å². The summed E-state index contributed by atoms with van der Waals surface area (Å²) in [6.45, 7) is 6.75. The van der Waals surface area contributed by atoms with Gasteiger partial charge >= 0.3 is 0 Å². The van der Waals surface area contributed by atoms with Gasteiger partial charge in [-0.05, 0) is 13.8 Å². The topological polar surface area (TPSA) is 26.3 Å².